The van der Waals surface area contributed by atoms with Crippen LogP contribution < -0.4 is 15.4 Å². The minimum atomic E-state index is -5.32. The largest absolute Gasteiger partial charge is 0.497 e. The predicted octanol–water partition coefficient (Wildman–Crippen LogP) is 3.45. The van der Waals surface area contributed by atoms with Gasteiger partial charge in [0.05, 0.1) is 13.2 Å². The van der Waals surface area contributed by atoms with Crippen molar-refractivity contribution in [2.75, 3.05) is 7.11 Å². The molecule has 2 aromatic rings. The van der Waals surface area contributed by atoms with Gasteiger partial charge in [-0.2, -0.15) is 13.2 Å². The Balaban J connectivity index is 2.13. The van der Waals surface area contributed by atoms with Gasteiger partial charge in [-0.1, -0.05) is 23.7 Å². The number of amides is 2. The molecule has 2 amide bonds. The molecule has 0 spiro atoms. The molecule has 2 aromatic carbocycles. The average molecular weight is 429 g/mol. The molecule has 3 rings (SSSR count). The number of alkyl halides is 3. The van der Waals surface area contributed by atoms with Crippen LogP contribution in [0, 0.1) is 5.92 Å². The van der Waals surface area contributed by atoms with Crippen LogP contribution in [0.3, 0.4) is 0 Å². The summed E-state index contributed by atoms with van der Waals surface area (Å²) in [5.41, 5.74) is -3.69. The van der Waals surface area contributed by atoms with Crippen molar-refractivity contribution >= 4 is 23.4 Å². The van der Waals surface area contributed by atoms with Crippen molar-refractivity contribution in [2.45, 2.75) is 17.9 Å². The summed E-state index contributed by atoms with van der Waals surface area (Å²) in [6, 6.07) is 8.25. The van der Waals surface area contributed by atoms with Gasteiger partial charge in [0.1, 0.15) is 11.7 Å². The van der Waals surface area contributed by atoms with Crippen molar-refractivity contribution in [1.29, 1.82) is 0 Å². The molecule has 0 aromatic heterocycles. The number of rotatable bonds is 4. The molecule has 1 heterocycles. The molecular formula is C19H16ClF3N2O4. The first-order chi connectivity index (χ1) is 13.6. The van der Waals surface area contributed by atoms with E-state index in [0.717, 1.165) is 0 Å². The van der Waals surface area contributed by atoms with Crippen LogP contribution in [-0.2, 0) is 0 Å². The fraction of sp³-hybridized carbons (Fsp3) is 0.263. The summed E-state index contributed by atoms with van der Waals surface area (Å²) < 4.78 is 46.5. The number of Topliss-reactive ketones (excluding diaryl/α,β-unsaturated/α-hetero) is 1. The molecule has 1 fully saturated rings. The van der Waals surface area contributed by atoms with Crippen LogP contribution in [0.4, 0.5) is 18.0 Å². The second-order valence-corrected chi connectivity index (χ2v) is 6.90. The van der Waals surface area contributed by atoms with E-state index in [1.54, 1.807) is 0 Å². The molecule has 154 valence electrons. The van der Waals surface area contributed by atoms with E-state index in [-0.39, 0.29) is 16.1 Å². The SMILES string of the molecule is COc1ccc([C@@H]2NC(=O)N[C@](O)(C(F)(F)F)[C@@H]2C(=O)c2ccc(Cl)cc2)cc1. The minimum absolute atomic E-state index is 0.0986. The molecule has 1 aliphatic heterocycles. The Morgan fingerprint density at radius 3 is 2.24 bits per heavy atom. The van der Waals surface area contributed by atoms with Gasteiger partial charge in [0.25, 0.3) is 0 Å². The summed E-state index contributed by atoms with van der Waals surface area (Å²) in [6.07, 6.45) is -5.32. The maximum Gasteiger partial charge on any atom is 0.437 e. The molecule has 0 saturated carbocycles. The number of carbonyl (C=O) groups excluding carboxylic acids is 2. The number of hydrogen-bond acceptors (Lipinski definition) is 4. The zero-order chi connectivity index (χ0) is 21.4. The number of ketones is 1. The van der Waals surface area contributed by atoms with E-state index in [1.165, 1.54) is 61.0 Å². The van der Waals surface area contributed by atoms with Gasteiger partial charge < -0.3 is 20.5 Å². The molecule has 0 bridgehead atoms. The lowest BCUT2D eigenvalue weighted by Gasteiger charge is -2.45. The summed E-state index contributed by atoms with van der Waals surface area (Å²) in [4.78, 5) is 25.0. The number of carbonyl (C=O) groups is 2. The molecule has 3 atom stereocenters. The Bertz CT molecular complexity index is 919. The molecule has 1 aliphatic rings. The average Bonchev–Trinajstić information content (AvgIpc) is 2.67. The van der Waals surface area contributed by atoms with Gasteiger partial charge in [-0.05, 0) is 42.0 Å². The van der Waals surface area contributed by atoms with Gasteiger partial charge in [0.15, 0.2) is 5.78 Å². The van der Waals surface area contributed by atoms with Crippen molar-refractivity contribution in [1.82, 2.24) is 10.6 Å². The van der Waals surface area contributed by atoms with Gasteiger partial charge in [-0.3, -0.25) is 4.79 Å². The number of urea groups is 1. The highest BCUT2D eigenvalue weighted by Gasteiger charge is 2.66. The maximum atomic E-state index is 13.8. The number of aliphatic hydroxyl groups is 1. The number of methoxy groups -OCH3 is 1. The predicted molar refractivity (Wildman–Crippen MR) is 97.7 cm³/mol. The van der Waals surface area contributed by atoms with Crippen LogP contribution >= 0.6 is 11.6 Å². The summed E-state index contributed by atoms with van der Waals surface area (Å²) in [6.45, 7) is 0. The topological polar surface area (TPSA) is 87.7 Å². The standard InChI is InChI=1S/C19H16ClF3N2O4/c1-29-13-8-4-10(5-9-13)15-14(16(26)11-2-6-12(20)7-3-11)18(28,19(21,22)23)25-17(27)24-15/h2-9,14-15,28H,1H3,(H2,24,25,27)/t14-,15-,18+/m0/s1. The van der Waals surface area contributed by atoms with E-state index in [1.807, 2.05) is 0 Å². The first kappa shape index (κ1) is 20.9. The third-order valence-electron chi connectivity index (χ3n) is 4.69. The van der Waals surface area contributed by atoms with Crippen molar-refractivity contribution in [2.24, 2.45) is 5.92 Å². The summed E-state index contributed by atoms with van der Waals surface area (Å²) >= 11 is 5.78. The molecule has 0 aliphatic carbocycles. The van der Waals surface area contributed by atoms with Crippen molar-refractivity contribution in [3.8, 4) is 5.75 Å². The minimum Gasteiger partial charge on any atom is -0.497 e. The Kier molecular flexibility index (Phi) is 5.46. The number of hydrogen-bond donors (Lipinski definition) is 3. The summed E-state index contributed by atoms with van der Waals surface area (Å²) in [7, 11) is 1.41. The van der Waals surface area contributed by atoms with E-state index in [0.29, 0.717) is 5.75 Å². The Morgan fingerprint density at radius 1 is 1.14 bits per heavy atom. The van der Waals surface area contributed by atoms with E-state index in [9.17, 15) is 27.9 Å². The normalized spacial score (nSPS) is 24.4. The van der Waals surface area contributed by atoms with Gasteiger partial charge in [-0.25, -0.2) is 4.79 Å². The van der Waals surface area contributed by atoms with E-state index < -0.39 is 35.7 Å². The van der Waals surface area contributed by atoms with Crippen LogP contribution in [-0.4, -0.2) is 35.9 Å². The van der Waals surface area contributed by atoms with Crippen LogP contribution in [0.5, 0.6) is 5.75 Å². The lowest BCUT2D eigenvalue weighted by Crippen LogP contribution is -2.72. The molecule has 0 radical (unpaired) electrons. The maximum absolute atomic E-state index is 13.8. The van der Waals surface area contributed by atoms with Crippen LogP contribution in [0.15, 0.2) is 48.5 Å². The fourth-order valence-electron chi connectivity index (χ4n) is 3.22. The first-order valence-electron chi connectivity index (χ1n) is 8.38. The molecule has 0 unspecified atom stereocenters. The Labute approximate surface area is 168 Å². The molecule has 29 heavy (non-hydrogen) atoms. The molecule has 10 heteroatoms. The summed E-state index contributed by atoms with van der Waals surface area (Å²) in [5.74, 6) is -2.69. The second-order valence-electron chi connectivity index (χ2n) is 6.46. The van der Waals surface area contributed by atoms with E-state index >= 15 is 0 Å². The van der Waals surface area contributed by atoms with Crippen LogP contribution in [0.25, 0.3) is 0 Å². The van der Waals surface area contributed by atoms with Gasteiger partial charge >= 0.3 is 12.2 Å². The molecule has 6 nitrogen and oxygen atoms in total. The molecule has 1 saturated heterocycles. The van der Waals surface area contributed by atoms with Crippen LogP contribution in [0.1, 0.15) is 22.0 Å². The smallest absolute Gasteiger partial charge is 0.437 e. The highest BCUT2D eigenvalue weighted by Crippen LogP contribution is 2.44. The van der Waals surface area contributed by atoms with Gasteiger partial charge in [-0.15, -0.1) is 0 Å². The fourth-order valence-corrected chi connectivity index (χ4v) is 3.35. The van der Waals surface area contributed by atoms with Crippen molar-refractivity contribution < 1.29 is 32.6 Å². The second kappa shape index (κ2) is 7.57. The highest BCUT2D eigenvalue weighted by molar-refractivity contribution is 6.30. The van der Waals surface area contributed by atoms with Crippen molar-refractivity contribution in [3.63, 3.8) is 0 Å². The highest BCUT2D eigenvalue weighted by atomic mass is 35.5. The lowest BCUT2D eigenvalue weighted by atomic mass is 9.77. The van der Waals surface area contributed by atoms with Gasteiger partial charge in [0.2, 0.25) is 5.72 Å². The number of halogens is 4. The van der Waals surface area contributed by atoms with Crippen LogP contribution in [0.2, 0.25) is 5.02 Å². The van der Waals surface area contributed by atoms with E-state index in [4.69, 9.17) is 16.3 Å². The zero-order valence-electron chi connectivity index (χ0n) is 15.0. The third-order valence-corrected chi connectivity index (χ3v) is 4.94. The molecular weight excluding hydrogens is 413 g/mol. The monoisotopic (exact) mass is 428 g/mol. The molecule has 3 N–H and O–H groups in total. The number of benzene rings is 2. The third kappa shape index (κ3) is 3.88. The number of nitrogens with one attached hydrogen (secondary N) is 2. The first-order valence-corrected chi connectivity index (χ1v) is 8.76. The number of ether oxygens (including phenoxy) is 1. The van der Waals surface area contributed by atoms with E-state index in [2.05, 4.69) is 5.32 Å². The Morgan fingerprint density at radius 2 is 1.72 bits per heavy atom. The quantitative estimate of drug-likeness (QED) is 0.651. The lowest BCUT2D eigenvalue weighted by molar-refractivity contribution is -0.287. The Hall–Kier alpha value is -2.78. The van der Waals surface area contributed by atoms with Crippen molar-refractivity contribution in [3.05, 3.63) is 64.7 Å². The summed E-state index contributed by atoms with van der Waals surface area (Å²) in [5, 5.41) is 14.6. The van der Waals surface area contributed by atoms with Gasteiger partial charge in [0, 0.05) is 10.6 Å². The zero-order valence-corrected chi connectivity index (χ0v) is 15.7.